The first kappa shape index (κ1) is 13.2. The Morgan fingerprint density at radius 3 is 2.75 bits per heavy atom. The van der Waals surface area contributed by atoms with Crippen LogP contribution in [0, 0.1) is 13.8 Å². The Bertz CT molecular complexity index is 360. The maximum atomic E-state index is 9.48. The monoisotopic (exact) mass is 245 g/mol. The molecule has 1 heterocycles. The molecule has 0 aliphatic rings. The highest BCUT2D eigenvalue weighted by Gasteiger charge is 2.09. The highest BCUT2D eigenvalue weighted by molar-refractivity contribution is 6.30. The van der Waals surface area contributed by atoms with Crippen molar-refractivity contribution in [1.82, 2.24) is 9.97 Å². The largest absolute Gasteiger partial charge is 0.389 e. The van der Waals surface area contributed by atoms with Crippen molar-refractivity contribution >= 4 is 17.4 Å². The van der Waals surface area contributed by atoms with Crippen molar-refractivity contribution in [3.63, 3.8) is 0 Å². The van der Waals surface area contributed by atoms with Crippen LogP contribution < -0.4 is 5.32 Å². The van der Waals surface area contributed by atoms with Gasteiger partial charge < -0.3 is 15.2 Å². The van der Waals surface area contributed by atoms with E-state index >= 15 is 0 Å². The standard InChI is InChI=1S/C10H16ClN3O2/c1-6-9(11)13-7(2)14-10(6)12-4-8(15)5-16-3/h8,15H,4-5H2,1-3H3,(H,12,13,14). The van der Waals surface area contributed by atoms with E-state index in [0.717, 1.165) is 5.56 Å². The van der Waals surface area contributed by atoms with Gasteiger partial charge in [0.15, 0.2) is 0 Å². The minimum atomic E-state index is -0.571. The maximum Gasteiger partial charge on any atom is 0.137 e. The zero-order valence-corrected chi connectivity index (χ0v) is 10.4. The normalized spacial score (nSPS) is 12.6. The lowest BCUT2D eigenvalue weighted by atomic mass is 10.3. The average Bonchev–Trinajstić information content (AvgIpc) is 2.21. The number of anilines is 1. The smallest absolute Gasteiger partial charge is 0.137 e. The second-order valence-electron chi connectivity index (χ2n) is 3.53. The highest BCUT2D eigenvalue weighted by Crippen LogP contribution is 2.19. The third-order valence-electron chi connectivity index (χ3n) is 2.06. The molecule has 0 saturated carbocycles. The van der Waals surface area contributed by atoms with Gasteiger partial charge in [0.2, 0.25) is 0 Å². The first-order valence-electron chi connectivity index (χ1n) is 4.96. The molecule has 0 radical (unpaired) electrons. The van der Waals surface area contributed by atoms with Crippen LogP contribution in [-0.2, 0) is 4.74 Å². The summed E-state index contributed by atoms with van der Waals surface area (Å²) in [7, 11) is 1.54. The first-order chi connectivity index (χ1) is 7.54. The van der Waals surface area contributed by atoms with Crippen LogP contribution in [0.25, 0.3) is 0 Å². The molecule has 0 aliphatic carbocycles. The van der Waals surface area contributed by atoms with Crippen molar-refractivity contribution < 1.29 is 9.84 Å². The summed E-state index contributed by atoms with van der Waals surface area (Å²) >= 11 is 5.92. The lowest BCUT2D eigenvalue weighted by Crippen LogP contribution is -2.25. The molecular formula is C10H16ClN3O2. The predicted molar refractivity (Wildman–Crippen MR) is 62.9 cm³/mol. The molecule has 0 saturated heterocycles. The van der Waals surface area contributed by atoms with Gasteiger partial charge in [-0.2, -0.15) is 0 Å². The molecule has 1 aromatic heterocycles. The zero-order valence-electron chi connectivity index (χ0n) is 9.62. The summed E-state index contributed by atoms with van der Waals surface area (Å²) < 4.78 is 4.82. The molecular weight excluding hydrogens is 230 g/mol. The van der Waals surface area contributed by atoms with Gasteiger partial charge in [0.25, 0.3) is 0 Å². The number of aliphatic hydroxyl groups is 1. The second-order valence-corrected chi connectivity index (χ2v) is 3.88. The second kappa shape index (κ2) is 5.98. The Labute approximate surface area is 99.8 Å². The number of aromatic nitrogens is 2. The summed E-state index contributed by atoms with van der Waals surface area (Å²) in [4.78, 5) is 8.23. The number of aliphatic hydroxyl groups excluding tert-OH is 1. The molecule has 2 N–H and O–H groups in total. The van der Waals surface area contributed by atoms with Gasteiger partial charge in [0.05, 0.1) is 12.7 Å². The Kier molecular flexibility index (Phi) is 4.92. The van der Waals surface area contributed by atoms with Gasteiger partial charge in [-0.3, -0.25) is 0 Å². The highest BCUT2D eigenvalue weighted by atomic mass is 35.5. The summed E-state index contributed by atoms with van der Waals surface area (Å²) in [5, 5.41) is 12.9. The summed E-state index contributed by atoms with van der Waals surface area (Å²) in [6.45, 7) is 4.24. The van der Waals surface area contributed by atoms with Crippen LogP contribution in [0.3, 0.4) is 0 Å². The van der Waals surface area contributed by atoms with Crippen molar-refractivity contribution in [2.45, 2.75) is 20.0 Å². The molecule has 16 heavy (non-hydrogen) atoms. The molecule has 5 nitrogen and oxygen atoms in total. The van der Waals surface area contributed by atoms with Crippen LogP contribution in [0.5, 0.6) is 0 Å². The van der Waals surface area contributed by atoms with Crippen LogP contribution in [0.2, 0.25) is 5.15 Å². The topological polar surface area (TPSA) is 67.3 Å². The number of hydrogen-bond donors (Lipinski definition) is 2. The summed E-state index contributed by atoms with van der Waals surface area (Å²) in [6, 6.07) is 0. The molecule has 0 bridgehead atoms. The number of rotatable bonds is 5. The van der Waals surface area contributed by atoms with E-state index < -0.39 is 6.10 Å². The molecule has 1 unspecified atom stereocenters. The molecule has 0 amide bonds. The van der Waals surface area contributed by atoms with Gasteiger partial charge in [-0.15, -0.1) is 0 Å². The van der Waals surface area contributed by atoms with Gasteiger partial charge in [-0.05, 0) is 13.8 Å². The van der Waals surface area contributed by atoms with Crippen molar-refractivity contribution in [3.8, 4) is 0 Å². The van der Waals surface area contributed by atoms with E-state index in [1.54, 1.807) is 14.0 Å². The van der Waals surface area contributed by atoms with Gasteiger partial charge in [-0.25, -0.2) is 9.97 Å². The quantitative estimate of drug-likeness (QED) is 0.763. The number of hydrogen-bond acceptors (Lipinski definition) is 5. The van der Waals surface area contributed by atoms with E-state index in [9.17, 15) is 5.11 Å². The van der Waals surface area contributed by atoms with Crippen molar-refractivity contribution in [2.75, 3.05) is 25.6 Å². The van der Waals surface area contributed by atoms with Crippen molar-refractivity contribution in [3.05, 3.63) is 16.5 Å². The average molecular weight is 246 g/mol. The Balaban J connectivity index is 2.66. The maximum absolute atomic E-state index is 9.48. The third kappa shape index (κ3) is 3.59. The number of nitrogens with zero attached hydrogens (tertiary/aromatic N) is 2. The lowest BCUT2D eigenvalue weighted by Gasteiger charge is -2.13. The predicted octanol–water partition coefficient (Wildman–Crippen LogP) is 1.17. The first-order valence-corrected chi connectivity index (χ1v) is 5.34. The lowest BCUT2D eigenvalue weighted by molar-refractivity contribution is 0.0727. The van der Waals surface area contributed by atoms with Gasteiger partial charge in [0.1, 0.15) is 16.8 Å². The summed E-state index contributed by atoms with van der Waals surface area (Å²) in [5.41, 5.74) is 0.775. The third-order valence-corrected chi connectivity index (χ3v) is 2.43. The molecule has 90 valence electrons. The van der Waals surface area contributed by atoms with Crippen molar-refractivity contribution in [2.24, 2.45) is 0 Å². The van der Waals surface area contributed by atoms with Crippen LogP contribution in [-0.4, -0.2) is 41.4 Å². The SMILES string of the molecule is COCC(O)CNc1nc(C)nc(Cl)c1C. The Hall–Kier alpha value is -0.910. The fourth-order valence-corrected chi connectivity index (χ4v) is 1.44. The molecule has 0 spiro atoms. The Morgan fingerprint density at radius 1 is 1.44 bits per heavy atom. The fraction of sp³-hybridized carbons (Fsp3) is 0.600. The number of nitrogens with one attached hydrogen (secondary N) is 1. The number of methoxy groups -OCH3 is 1. The molecule has 0 aromatic carbocycles. The fourth-order valence-electron chi connectivity index (χ4n) is 1.23. The van der Waals surface area contributed by atoms with E-state index in [2.05, 4.69) is 15.3 Å². The van der Waals surface area contributed by atoms with E-state index in [-0.39, 0.29) is 6.61 Å². The molecule has 1 rings (SSSR count). The molecule has 0 fully saturated rings. The van der Waals surface area contributed by atoms with Gasteiger partial charge in [0, 0.05) is 19.2 Å². The van der Waals surface area contributed by atoms with Gasteiger partial charge in [-0.1, -0.05) is 11.6 Å². The Morgan fingerprint density at radius 2 is 2.12 bits per heavy atom. The van der Waals surface area contributed by atoms with Crippen LogP contribution in [0.1, 0.15) is 11.4 Å². The van der Waals surface area contributed by atoms with Crippen molar-refractivity contribution in [1.29, 1.82) is 0 Å². The molecule has 0 aliphatic heterocycles. The molecule has 6 heteroatoms. The summed E-state index contributed by atoms with van der Waals surface area (Å²) in [6.07, 6.45) is -0.571. The van der Waals surface area contributed by atoms with Crippen LogP contribution in [0.4, 0.5) is 5.82 Å². The molecule has 1 aromatic rings. The minimum Gasteiger partial charge on any atom is -0.389 e. The van der Waals surface area contributed by atoms with Gasteiger partial charge >= 0.3 is 0 Å². The number of aryl methyl sites for hydroxylation is 1. The van der Waals surface area contributed by atoms with E-state index in [4.69, 9.17) is 16.3 Å². The number of ether oxygens (including phenoxy) is 1. The minimum absolute atomic E-state index is 0.282. The van der Waals surface area contributed by atoms with E-state index in [1.807, 2.05) is 6.92 Å². The number of halogens is 1. The molecule has 1 atom stereocenters. The summed E-state index contributed by atoms with van der Waals surface area (Å²) in [5.74, 6) is 1.24. The van der Waals surface area contributed by atoms with E-state index in [0.29, 0.717) is 23.3 Å². The zero-order chi connectivity index (χ0) is 12.1. The van der Waals surface area contributed by atoms with Crippen LogP contribution >= 0.6 is 11.6 Å². The van der Waals surface area contributed by atoms with E-state index in [1.165, 1.54) is 0 Å². The van der Waals surface area contributed by atoms with Crippen LogP contribution in [0.15, 0.2) is 0 Å².